The van der Waals surface area contributed by atoms with E-state index in [0.717, 1.165) is 37.0 Å². The molecular formula is C20H20N4O. The maximum atomic E-state index is 11.7. The first-order chi connectivity index (χ1) is 12.2. The molecule has 5 nitrogen and oxygen atoms in total. The van der Waals surface area contributed by atoms with Crippen LogP contribution in [0.4, 0.5) is 0 Å². The van der Waals surface area contributed by atoms with E-state index in [0.29, 0.717) is 12.1 Å². The number of nitrogens with one attached hydrogen (secondary N) is 1. The predicted octanol–water partition coefficient (Wildman–Crippen LogP) is 2.11. The number of hydrogen-bond donors (Lipinski definition) is 2. The smallest absolute Gasteiger partial charge is 0.281 e. The first kappa shape index (κ1) is 15.7. The molecule has 1 aliphatic heterocycles. The Morgan fingerprint density at radius 3 is 2.24 bits per heavy atom. The topological polar surface area (TPSA) is 79.8 Å². The van der Waals surface area contributed by atoms with Gasteiger partial charge >= 0.3 is 0 Å². The van der Waals surface area contributed by atoms with Gasteiger partial charge in [0.25, 0.3) is 5.91 Å². The molecule has 5 heteroatoms. The average Bonchev–Trinajstić information content (AvgIpc) is 3.13. The molecule has 2 aromatic rings. The van der Waals surface area contributed by atoms with Crippen molar-refractivity contribution in [1.82, 2.24) is 5.43 Å². The third-order valence-corrected chi connectivity index (χ3v) is 4.91. The molecule has 0 spiro atoms. The Balaban J connectivity index is 1.65. The Morgan fingerprint density at radius 2 is 1.52 bits per heavy atom. The number of rotatable bonds is 2. The summed E-state index contributed by atoms with van der Waals surface area (Å²) in [6, 6.07) is 15.5. The minimum atomic E-state index is -0.370. The van der Waals surface area contributed by atoms with Crippen LogP contribution in [-0.4, -0.2) is 17.3 Å². The van der Waals surface area contributed by atoms with Crippen LogP contribution >= 0.6 is 0 Å². The summed E-state index contributed by atoms with van der Waals surface area (Å²) in [5.41, 5.74) is 9.68. The lowest BCUT2D eigenvalue weighted by atomic mass is 9.90. The molecule has 3 N–H and O–H groups in total. The fourth-order valence-electron chi connectivity index (χ4n) is 3.41. The molecule has 7 rings (SSSR count). The Labute approximate surface area is 146 Å². The van der Waals surface area contributed by atoms with Crippen LogP contribution in [0.5, 0.6) is 0 Å². The van der Waals surface area contributed by atoms with E-state index in [-0.39, 0.29) is 5.91 Å². The molecule has 0 fully saturated rings. The largest absolute Gasteiger partial charge is 0.289 e. The average molecular weight is 332 g/mol. The van der Waals surface area contributed by atoms with Crippen molar-refractivity contribution in [1.29, 1.82) is 0 Å². The second-order valence-corrected chi connectivity index (χ2v) is 6.55. The minimum absolute atomic E-state index is 0.366. The van der Waals surface area contributed by atoms with E-state index in [9.17, 15) is 4.79 Å². The lowest BCUT2D eigenvalue weighted by Gasteiger charge is -2.14. The van der Waals surface area contributed by atoms with Crippen molar-refractivity contribution >= 4 is 17.3 Å². The van der Waals surface area contributed by atoms with Gasteiger partial charge in [0.15, 0.2) is 0 Å². The second-order valence-electron chi connectivity index (χ2n) is 6.55. The van der Waals surface area contributed by atoms with Crippen molar-refractivity contribution < 1.29 is 4.79 Å². The molecule has 0 aromatic heterocycles. The van der Waals surface area contributed by atoms with Gasteiger partial charge in [-0.3, -0.25) is 10.2 Å². The van der Waals surface area contributed by atoms with Gasteiger partial charge in [-0.15, -0.1) is 5.10 Å². The van der Waals surface area contributed by atoms with Crippen molar-refractivity contribution in [3.63, 3.8) is 0 Å². The van der Waals surface area contributed by atoms with E-state index in [4.69, 9.17) is 5.84 Å². The van der Waals surface area contributed by atoms with Crippen LogP contribution in [0.15, 0.2) is 52.7 Å². The van der Waals surface area contributed by atoms with Crippen molar-refractivity contribution in [2.24, 2.45) is 16.0 Å². The first-order valence-electron chi connectivity index (χ1n) is 8.57. The molecule has 25 heavy (non-hydrogen) atoms. The molecular weight excluding hydrogens is 312 g/mol. The van der Waals surface area contributed by atoms with Crippen LogP contribution in [0, 0.1) is 0 Å². The zero-order valence-corrected chi connectivity index (χ0v) is 14.0. The number of hydrogen-bond acceptors (Lipinski definition) is 4. The maximum Gasteiger partial charge on any atom is 0.281 e. The number of nitrogens with two attached hydrogens (primary N) is 1. The normalized spacial score (nSPS) is 16.0. The summed E-state index contributed by atoms with van der Waals surface area (Å²) in [5, 5.41) is 8.26. The molecule has 5 aliphatic rings. The summed E-state index contributed by atoms with van der Waals surface area (Å²) in [6.45, 7) is 0. The summed E-state index contributed by atoms with van der Waals surface area (Å²) in [7, 11) is 0. The monoisotopic (exact) mass is 332 g/mol. The van der Waals surface area contributed by atoms with Gasteiger partial charge in [-0.05, 0) is 54.0 Å². The fraction of sp³-hybridized carbons (Fsp3) is 0.250. The minimum Gasteiger partial charge on any atom is -0.289 e. The van der Waals surface area contributed by atoms with Gasteiger partial charge in [-0.25, -0.2) is 5.84 Å². The molecule has 0 radical (unpaired) electrons. The zero-order chi connectivity index (χ0) is 17.2. The lowest BCUT2D eigenvalue weighted by Crippen LogP contribution is -2.36. The van der Waals surface area contributed by atoms with E-state index in [1.165, 1.54) is 22.3 Å². The molecule has 1 amide bonds. The van der Waals surface area contributed by atoms with Gasteiger partial charge in [0, 0.05) is 12.0 Å². The molecule has 0 saturated carbocycles. The number of nitrogens with zero attached hydrogens (tertiary/aromatic N) is 2. The van der Waals surface area contributed by atoms with Crippen molar-refractivity contribution in [2.45, 2.75) is 32.1 Å². The van der Waals surface area contributed by atoms with E-state index in [1.54, 1.807) is 0 Å². The molecule has 126 valence electrons. The van der Waals surface area contributed by atoms with Gasteiger partial charge in [-0.2, -0.15) is 5.10 Å². The molecule has 0 saturated heterocycles. The number of hydrazine groups is 1. The summed E-state index contributed by atoms with van der Waals surface area (Å²) in [6.07, 6.45) is 4.34. The molecule has 2 aromatic carbocycles. The van der Waals surface area contributed by atoms with Crippen molar-refractivity contribution in [2.75, 3.05) is 0 Å². The third kappa shape index (κ3) is 3.23. The zero-order valence-electron chi connectivity index (χ0n) is 14.0. The van der Waals surface area contributed by atoms with Crippen LogP contribution < -0.4 is 11.3 Å². The summed E-state index contributed by atoms with van der Waals surface area (Å²) >= 11 is 0. The van der Waals surface area contributed by atoms with Gasteiger partial charge < -0.3 is 0 Å². The van der Waals surface area contributed by atoms with Gasteiger partial charge in [0.05, 0.1) is 5.71 Å². The van der Waals surface area contributed by atoms with Crippen LogP contribution in [0.3, 0.4) is 0 Å². The third-order valence-electron chi connectivity index (χ3n) is 4.91. The van der Waals surface area contributed by atoms with E-state index in [2.05, 4.69) is 58.1 Å². The number of benzene rings is 2. The second kappa shape index (κ2) is 6.61. The Bertz CT molecular complexity index is 881. The molecule has 1 heterocycles. The number of carbonyl (C=O) groups excluding carboxylic acids is 1. The molecule has 4 aliphatic carbocycles. The van der Waals surface area contributed by atoms with Gasteiger partial charge in [0.1, 0.15) is 5.71 Å². The number of amides is 1. The van der Waals surface area contributed by atoms with E-state index >= 15 is 0 Å². The predicted molar refractivity (Wildman–Crippen MR) is 98.6 cm³/mol. The molecule has 4 bridgehead atoms. The highest BCUT2D eigenvalue weighted by molar-refractivity contribution is 6.44. The standard InChI is InChI=1S/C20H20N4O/c21-22-20(25)19-12-18(23-24-19)17-11-15-6-5-13-1-3-14(4-2-13)7-9-16(17)10-8-15/h1-4,8,10-11H,5-7,9,12,21H2,(H,22,25). The Kier molecular flexibility index (Phi) is 4.15. The first-order valence-corrected chi connectivity index (χ1v) is 8.57. The quantitative estimate of drug-likeness (QED) is 0.502. The highest BCUT2D eigenvalue weighted by Gasteiger charge is 2.22. The number of carbonyl (C=O) groups is 1. The highest BCUT2D eigenvalue weighted by Crippen LogP contribution is 2.22. The lowest BCUT2D eigenvalue weighted by molar-refractivity contribution is -0.114. The van der Waals surface area contributed by atoms with Gasteiger partial charge in [0.2, 0.25) is 0 Å². The molecule has 0 unspecified atom stereocenters. The van der Waals surface area contributed by atoms with Crippen LogP contribution in [-0.2, 0) is 30.5 Å². The SMILES string of the molecule is NNC(=O)C1=NN=C(c2cc3ccc2CCc2ccc(cc2)CC3)C1. The summed E-state index contributed by atoms with van der Waals surface area (Å²) < 4.78 is 0. The van der Waals surface area contributed by atoms with Crippen molar-refractivity contribution in [3.8, 4) is 0 Å². The maximum absolute atomic E-state index is 11.7. The van der Waals surface area contributed by atoms with Gasteiger partial charge in [-0.1, -0.05) is 36.4 Å². The van der Waals surface area contributed by atoms with Crippen LogP contribution in [0.1, 0.15) is 34.2 Å². The fourth-order valence-corrected chi connectivity index (χ4v) is 3.41. The van der Waals surface area contributed by atoms with Crippen LogP contribution in [0.25, 0.3) is 0 Å². The summed E-state index contributed by atoms with van der Waals surface area (Å²) in [4.78, 5) is 11.7. The Morgan fingerprint density at radius 1 is 0.880 bits per heavy atom. The molecule has 0 atom stereocenters. The highest BCUT2D eigenvalue weighted by atomic mass is 16.2. The Hall–Kier alpha value is -2.79. The summed E-state index contributed by atoms with van der Waals surface area (Å²) in [5.74, 6) is 4.83. The van der Waals surface area contributed by atoms with E-state index < -0.39 is 0 Å². The number of aryl methyl sites for hydroxylation is 4. The van der Waals surface area contributed by atoms with Crippen molar-refractivity contribution in [3.05, 3.63) is 70.3 Å². The van der Waals surface area contributed by atoms with Crippen LogP contribution in [0.2, 0.25) is 0 Å². The van der Waals surface area contributed by atoms with E-state index in [1.807, 2.05) is 0 Å².